The number of hydrogen-bond acceptors (Lipinski definition) is 0. The molecule has 0 aliphatic heterocycles. The third kappa shape index (κ3) is 3.09. The van der Waals surface area contributed by atoms with Gasteiger partial charge in [-0.1, -0.05) is 66.7 Å². The second-order valence-corrected chi connectivity index (χ2v) is 9.36. The zero-order valence-electron chi connectivity index (χ0n) is 19.6. The maximum Gasteiger partial charge on any atom is 0.0461 e. The van der Waals surface area contributed by atoms with E-state index in [0.29, 0.717) is 0 Å². The predicted octanol–water partition coefficient (Wildman–Crippen LogP) is 8.22. The van der Waals surface area contributed by atoms with E-state index in [4.69, 9.17) is 0 Å². The van der Waals surface area contributed by atoms with Crippen LogP contribution in [0.1, 0.15) is 45.1 Å². The van der Waals surface area contributed by atoms with Gasteiger partial charge in [-0.05, 0) is 78.4 Å². The quantitative estimate of drug-likeness (QED) is 0.266. The molecule has 6 aromatic rings. The SMILES string of the molecule is Cc1[nH]c2cc(C(c3ccc4c(C)c(C)[nH]c4c3)c3cccc4ccccc34)ccc2c1C. The van der Waals surface area contributed by atoms with Crippen molar-refractivity contribution in [3.05, 3.63) is 118 Å². The van der Waals surface area contributed by atoms with Crippen molar-refractivity contribution in [1.29, 1.82) is 0 Å². The number of rotatable bonds is 3. The fourth-order valence-corrected chi connectivity index (χ4v) is 5.39. The molecule has 2 heterocycles. The molecular formula is C31H28N2. The van der Waals surface area contributed by atoms with Gasteiger partial charge in [-0.3, -0.25) is 0 Å². The molecule has 0 amide bonds. The van der Waals surface area contributed by atoms with Crippen molar-refractivity contribution in [2.24, 2.45) is 0 Å². The van der Waals surface area contributed by atoms with Crippen molar-refractivity contribution < 1.29 is 0 Å². The molecule has 0 atom stereocenters. The zero-order chi connectivity index (χ0) is 22.7. The zero-order valence-corrected chi connectivity index (χ0v) is 19.6. The summed E-state index contributed by atoms with van der Waals surface area (Å²) in [5.74, 6) is 0.137. The minimum Gasteiger partial charge on any atom is -0.358 e. The van der Waals surface area contributed by atoms with Crippen molar-refractivity contribution in [3.8, 4) is 0 Å². The normalized spacial score (nSPS) is 11.9. The molecule has 2 heteroatoms. The van der Waals surface area contributed by atoms with E-state index in [2.05, 4.69) is 117 Å². The van der Waals surface area contributed by atoms with Crippen LogP contribution in [-0.2, 0) is 0 Å². The van der Waals surface area contributed by atoms with Crippen LogP contribution >= 0.6 is 0 Å². The fourth-order valence-electron chi connectivity index (χ4n) is 5.39. The average molecular weight is 429 g/mol. The minimum absolute atomic E-state index is 0.137. The molecule has 0 unspecified atom stereocenters. The first kappa shape index (κ1) is 19.9. The maximum atomic E-state index is 3.60. The number of fused-ring (bicyclic) bond motifs is 3. The number of aromatic amines is 2. The largest absolute Gasteiger partial charge is 0.358 e. The number of nitrogens with one attached hydrogen (secondary N) is 2. The summed E-state index contributed by atoms with van der Waals surface area (Å²) < 4.78 is 0. The molecule has 0 aliphatic rings. The van der Waals surface area contributed by atoms with Crippen LogP contribution in [0.5, 0.6) is 0 Å². The Morgan fingerprint density at radius 2 is 1.09 bits per heavy atom. The van der Waals surface area contributed by atoms with E-state index in [0.717, 1.165) is 0 Å². The topological polar surface area (TPSA) is 31.6 Å². The van der Waals surface area contributed by atoms with Gasteiger partial charge in [0.2, 0.25) is 0 Å². The molecule has 0 spiro atoms. The highest BCUT2D eigenvalue weighted by atomic mass is 14.7. The van der Waals surface area contributed by atoms with E-state index in [9.17, 15) is 0 Å². The minimum atomic E-state index is 0.137. The lowest BCUT2D eigenvalue weighted by Gasteiger charge is -2.21. The maximum absolute atomic E-state index is 3.60. The number of H-pyrrole nitrogens is 2. The average Bonchev–Trinajstić information content (AvgIpc) is 3.28. The molecule has 4 aromatic carbocycles. The smallest absolute Gasteiger partial charge is 0.0461 e. The van der Waals surface area contributed by atoms with Gasteiger partial charge in [0.1, 0.15) is 0 Å². The summed E-state index contributed by atoms with van der Waals surface area (Å²) >= 11 is 0. The first-order valence-electron chi connectivity index (χ1n) is 11.7. The monoisotopic (exact) mass is 428 g/mol. The summed E-state index contributed by atoms with van der Waals surface area (Å²) in [6.45, 7) is 8.70. The lowest BCUT2D eigenvalue weighted by atomic mass is 9.82. The van der Waals surface area contributed by atoms with Crippen LogP contribution in [0.2, 0.25) is 0 Å². The van der Waals surface area contributed by atoms with Gasteiger partial charge in [0, 0.05) is 39.1 Å². The van der Waals surface area contributed by atoms with E-state index in [1.807, 2.05) is 0 Å². The molecule has 0 aliphatic carbocycles. The summed E-state index contributed by atoms with van der Waals surface area (Å²) in [6, 6.07) is 29.3. The molecule has 0 saturated heterocycles. The van der Waals surface area contributed by atoms with E-state index >= 15 is 0 Å². The van der Waals surface area contributed by atoms with Crippen LogP contribution in [0.3, 0.4) is 0 Å². The first-order chi connectivity index (χ1) is 16.0. The summed E-state index contributed by atoms with van der Waals surface area (Å²) in [4.78, 5) is 7.19. The number of hydrogen-bond donors (Lipinski definition) is 2. The highest BCUT2D eigenvalue weighted by molar-refractivity contribution is 5.90. The van der Waals surface area contributed by atoms with Crippen molar-refractivity contribution in [2.45, 2.75) is 33.6 Å². The Kier molecular flexibility index (Phi) is 4.45. The van der Waals surface area contributed by atoms with E-state index < -0.39 is 0 Å². The molecule has 2 N–H and O–H groups in total. The highest BCUT2D eigenvalue weighted by Gasteiger charge is 2.21. The molecule has 0 radical (unpaired) electrons. The van der Waals surface area contributed by atoms with E-state index in [1.54, 1.807) is 0 Å². The summed E-state index contributed by atoms with van der Waals surface area (Å²) in [7, 11) is 0. The number of aromatic nitrogens is 2. The van der Waals surface area contributed by atoms with Crippen LogP contribution in [0, 0.1) is 27.7 Å². The second-order valence-electron chi connectivity index (χ2n) is 9.36. The third-order valence-electron chi connectivity index (χ3n) is 7.47. The van der Waals surface area contributed by atoms with Gasteiger partial charge < -0.3 is 9.97 Å². The Morgan fingerprint density at radius 1 is 0.545 bits per heavy atom. The van der Waals surface area contributed by atoms with E-state index in [-0.39, 0.29) is 5.92 Å². The number of aryl methyl sites for hydroxylation is 4. The molecule has 2 aromatic heterocycles. The summed E-state index contributed by atoms with van der Waals surface area (Å²) in [6.07, 6.45) is 0. The Labute approximate surface area is 194 Å². The van der Waals surface area contributed by atoms with Crippen LogP contribution in [0.15, 0.2) is 78.9 Å². The molecule has 0 fully saturated rings. The fraction of sp³-hybridized carbons (Fsp3) is 0.161. The van der Waals surface area contributed by atoms with Crippen molar-refractivity contribution >= 4 is 32.6 Å². The van der Waals surface area contributed by atoms with Gasteiger partial charge in [-0.25, -0.2) is 0 Å². The molecule has 162 valence electrons. The standard InChI is InChI=1S/C31H28N2/c1-18-20(3)32-29-16-23(12-14-25(18)29)31(28-11-7-9-22-8-5-6-10-27(22)28)24-13-15-26-19(2)21(4)33-30(26)17-24/h5-17,31-33H,1-4H3. The summed E-state index contributed by atoms with van der Waals surface area (Å²) in [5.41, 5.74) is 11.5. The van der Waals surface area contributed by atoms with Gasteiger partial charge in [0.05, 0.1) is 0 Å². The van der Waals surface area contributed by atoms with Crippen molar-refractivity contribution in [2.75, 3.05) is 0 Å². The van der Waals surface area contributed by atoms with Crippen molar-refractivity contribution in [3.63, 3.8) is 0 Å². The van der Waals surface area contributed by atoms with Crippen LogP contribution in [0.4, 0.5) is 0 Å². The molecule has 0 saturated carbocycles. The lowest BCUT2D eigenvalue weighted by molar-refractivity contribution is 0.993. The summed E-state index contributed by atoms with van der Waals surface area (Å²) in [5, 5.41) is 5.20. The van der Waals surface area contributed by atoms with Crippen LogP contribution in [-0.4, -0.2) is 9.97 Å². The second kappa shape index (κ2) is 7.38. The molecule has 6 rings (SSSR count). The molecule has 2 nitrogen and oxygen atoms in total. The van der Waals surface area contributed by atoms with Gasteiger partial charge in [0.25, 0.3) is 0 Å². The lowest BCUT2D eigenvalue weighted by Crippen LogP contribution is -2.04. The predicted molar refractivity (Wildman–Crippen MR) is 140 cm³/mol. The number of benzene rings is 4. The Balaban J connectivity index is 1.64. The molecule has 0 bridgehead atoms. The Hall–Kier alpha value is -3.78. The van der Waals surface area contributed by atoms with Crippen LogP contribution in [0.25, 0.3) is 32.6 Å². The van der Waals surface area contributed by atoms with Crippen molar-refractivity contribution in [1.82, 2.24) is 9.97 Å². The Bertz CT molecular complexity index is 1570. The van der Waals surface area contributed by atoms with Gasteiger partial charge in [0.15, 0.2) is 0 Å². The highest BCUT2D eigenvalue weighted by Crippen LogP contribution is 2.39. The molecular weight excluding hydrogens is 400 g/mol. The first-order valence-corrected chi connectivity index (χ1v) is 11.7. The molecule has 33 heavy (non-hydrogen) atoms. The van der Waals surface area contributed by atoms with Crippen LogP contribution < -0.4 is 0 Å². The van der Waals surface area contributed by atoms with E-state index in [1.165, 1.54) is 71.8 Å². The van der Waals surface area contributed by atoms with Gasteiger partial charge >= 0.3 is 0 Å². The van der Waals surface area contributed by atoms with Gasteiger partial charge in [-0.15, -0.1) is 0 Å². The van der Waals surface area contributed by atoms with Gasteiger partial charge in [-0.2, -0.15) is 0 Å². The third-order valence-corrected chi connectivity index (χ3v) is 7.47. The Morgan fingerprint density at radius 3 is 1.70 bits per heavy atom.